The molecule has 0 saturated heterocycles. The number of hydrogen-bond donors (Lipinski definition) is 0. The summed E-state index contributed by atoms with van der Waals surface area (Å²) in [5.41, 5.74) is 0. The lowest BCUT2D eigenvalue weighted by atomic mass is 10.4. The fourth-order valence-corrected chi connectivity index (χ4v) is 0.771. The zero-order valence-electron chi connectivity index (χ0n) is 5.80. The molecule has 0 spiro atoms. The molecular formula is C6H8BrNO2. The molecule has 1 heterocycles. The number of aromatic nitrogens is 1. The quantitative estimate of drug-likeness (QED) is 0.695. The van der Waals surface area contributed by atoms with Crippen LogP contribution >= 0.6 is 15.9 Å². The number of halogens is 1. The minimum Gasteiger partial charge on any atom is -0.479 e. The van der Waals surface area contributed by atoms with Crippen molar-refractivity contribution in [2.75, 3.05) is 7.11 Å². The first-order chi connectivity index (χ1) is 4.74. The normalized spacial score (nSPS) is 13.1. The molecule has 0 fully saturated rings. The first kappa shape index (κ1) is 7.60. The van der Waals surface area contributed by atoms with Crippen molar-refractivity contribution in [3.05, 3.63) is 11.8 Å². The zero-order chi connectivity index (χ0) is 7.56. The maximum Gasteiger partial charge on any atom is 0.254 e. The van der Waals surface area contributed by atoms with E-state index in [4.69, 9.17) is 9.26 Å². The molecule has 0 radical (unpaired) electrons. The van der Waals surface area contributed by atoms with Crippen molar-refractivity contribution in [3.8, 4) is 5.88 Å². The van der Waals surface area contributed by atoms with Crippen molar-refractivity contribution in [1.82, 2.24) is 5.16 Å². The molecule has 56 valence electrons. The van der Waals surface area contributed by atoms with Crippen molar-refractivity contribution in [2.45, 2.75) is 11.8 Å². The van der Waals surface area contributed by atoms with Crippen molar-refractivity contribution in [1.29, 1.82) is 0 Å². The van der Waals surface area contributed by atoms with E-state index >= 15 is 0 Å². The van der Waals surface area contributed by atoms with Gasteiger partial charge in [0.2, 0.25) is 0 Å². The number of hydrogen-bond acceptors (Lipinski definition) is 3. The van der Waals surface area contributed by atoms with Crippen LogP contribution in [0.1, 0.15) is 17.5 Å². The van der Waals surface area contributed by atoms with Gasteiger partial charge in [0.15, 0.2) is 5.76 Å². The SMILES string of the molecule is COc1cc(C(C)Br)on1. The second kappa shape index (κ2) is 3.05. The first-order valence-electron chi connectivity index (χ1n) is 2.88. The van der Waals surface area contributed by atoms with E-state index in [-0.39, 0.29) is 4.83 Å². The topological polar surface area (TPSA) is 35.3 Å². The monoisotopic (exact) mass is 205 g/mol. The van der Waals surface area contributed by atoms with Crippen LogP contribution in [0.3, 0.4) is 0 Å². The molecule has 4 heteroatoms. The van der Waals surface area contributed by atoms with Crippen molar-refractivity contribution in [2.24, 2.45) is 0 Å². The summed E-state index contributed by atoms with van der Waals surface area (Å²) in [5.74, 6) is 1.29. The average molecular weight is 206 g/mol. The second-order valence-corrected chi connectivity index (χ2v) is 3.26. The predicted octanol–water partition coefficient (Wildman–Crippen LogP) is 2.14. The molecule has 0 bridgehead atoms. The lowest BCUT2D eigenvalue weighted by Crippen LogP contribution is -1.79. The Kier molecular flexibility index (Phi) is 2.32. The molecular weight excluding hydrogens is 198 g/mol. The molecule has 10 heavy (non-hydrogen) atoms. The molecule has 1 rings (SSSR count). The van der Waals surface area contributed by atoms with E-state index in [0.29, 0.717) is 5.88 Å². The summed E-state index contributed by atoms with van der Waals surface area (Å²) >= 11 is 3.34. The average Bonchev–Trinajstić information content (AvgIpc) is 2.34. The van der Waals surface area contributed by atoms with Crippen LogP contribution in [0.5, 0.6) is 5.88 Å². The van der Waals surface area contributed by atoms with Crippen LogP contribution in [0.25, 0.3) is 0 Å². The lowest BCUT2D eigenvalue weighted by Gasteiger charge is -1.90. The van der Waals surface area contributed by atoms with Crippen LogP contribution in [-0.2, 0) is 0 Å². The molecule has 0 aliphatic heterocycles. The van der Waals surface area contributed by atoms with E-state index in [1.54, 1.807) is 13.2 Å². The summed E-state index contributed by atoms with van der Waals surface area (Å²) in [6.45, 7) is 1.96. The highest BCUT2D eigenvalue weighted by molar-refractivity contribution is 9.09. The van der Waals surface area contributed by atoms with Gasteiger partial charge < -0.3 is 9.26 Å². The smallest absolute Gasteiger partial charge is 0.254 e. The largest absolute Gasteiger partial charge is 0.479 e. The first-order valence-corrected chi connectivity index (χ1v) is 3.80. The summed E-state index contributed by atoms with van der Waals surface area (Å²) < 4.78 is 9.71. The Labute approximate surface area is 67.5 Å². The number of ether oxygens (including phenoxy) is 1. The molecule has 0 saturated carbocycles. The van der Waals surface area contributed by atoms with E-state index in [9.17, 15) is 0 Å². The third kappa shape index (κ3) is 1.50. The van der Waals surface area contributed by atoms with Gasteiger partial charge in [-0.3, -0.25) is 0 Å². The van der Waals surface area contributed by atoms with Crippen LogP contribution in [0.15, 0.2) is 10.6 Å². The molecule has 0 aliphatic rings. The van der Waals surface area contributed by atoms with Gasteiger partial charge in [-0.1, -0.05) is 15.9 Å². The van der Waals surface area contributed by atoms with Gasteiger partial charge in [0.05, 0.1) is 11.9 Å². The highest BCUT2D eigenvalue weighted by Crippen LogP contribution is 2.24. The minimum absolute atomic E-state index is 0.184. The van der Waals surface area contributed by atoms with Crippen LogP contribution < -0.4 is 4.74 Å². The summed E-state index contributed by atoms with van der Waals surface area (Å²) in [5, 5.41) is 3.63. The highest BCUT2D eigenvalue weighted by Gasteiger charge is 2.07. The van der Waals surface area contributed by atoms with E-state index < -0.39 is 0 Å². The van der Waals surface area contributed by atoms with E-state index in [1.165, 1.54) is 0 Å². The van der Waals surface area contributed by atoms with E-state index in [0.717, 1.165) is 5.76 Å². The van der Waals surface area contributed by atoms with Crippen LogP contribution in [-0.4, -0.2) is 12.3 Å². The third-order valence-electron chi connectivity index (χ3n) is 1.11. The van der Waals surface area contributed by atoms with E-state index in [1.807, 2.05) is 6.92 Å². The van der Waals surface area contributed by atoms with Crippen LogP contribution in [0.4, 0.5) is 0 Å². The Morgan fingerprint density at radius 2 is 2.50 bits per heavy atom. The Balaban J connectivity index is 2.78. The van der Waals surface area contributed by atoms with Crippen LogP contribution in [0.2, 0.25) is 0 Å². The standard InChI is InChI=1S/C6H8BrNO2/c1-4(7)5-3-6(9-2)8-10-5/h3-4H,1-2H3. The van der Waals surface area contributed by atoms with Crippen molar-refractivity contribution < 1.29 is 9.26 Å². The van der Waals surface area contributed by atoms with Gasteiger partial charge in [-0.05, 0) is 12.1 Å². The Morgan fingerprint density at radius 3 is 2.80 bits per heavy atom. The fourth-order valence-electron chi connectivity index (χ4n) is 0.556. The zero-order valence-corrected chi connectivity index (χ0v) is 7.38. The van der Waals surface area contributed by atoms with Crippen LogP contribution in [0, 0.1) is 0 Å². The third-order valence-corrected chi connectivity index (χ3v) is 1.56. The maximum absolute atomic E-state index is 4.90. The number of nitrogens with zero attached hydrogens (tertiary/aromatic N) is 1. The summed E-state index contributed by atoms with van der Waals surface area (Å²) in [6, 6.07) is 1.75. The summed E-state index contributed by atoms with van der Waals surface area (Å²) in [7, 11) is 1.56. The molecule has 3 nitrogen and oxygen atoms in total. The Bertz CT molecular complexity index is 209. The van der Waals surface area contributed by atoms with Gasteiger partial charge in [-0.15, -0.1) is 0 Å². The van der Waals surface area contributed by atoms with Gasteiger partial charge in [0.1, 0.15) is 0 Å². The molecule has 1 aromatic heterocycles. The fraction of sp³-hybridized carbons (Fsp3) is 0.500. The van der Waals surface area contributed by atoms with Crippen molar-refractivity contribution in [3.63, 3.8) is 0 Å². The minimum atomic E-state index is 0.184. The van der Waals surface area contributed by atoms with Gasteiger partial charge in [0, 0.05) is 6.07 Å². The lowest BCUT2D eigenvalue weighted by molar-refractivity contribution is 0.327. The van der Waals surface area contributed by atoms with E-state index in [2.05, 4.69) is 21.1 Å². The van der Waals surface area contributed by atoms with Gasteiger partial charge in [-0.25, -0.2) is 0 Å². The maximum atomic E-state index is 4.90. The van der Waals surface area contributed by atoms with Gasteiger partial charge in [0.25, 0.3) is 5.88 Å². The molecule has 0 amide bonds. The number of methoxy groups -OCH3 is 1. The summed E-state index contributed by atoms with van der Waals surface area (Å²) in [4.78, 5) is 0.184. The van der Waals surface area contributed by atoms with Crippen molar-refractivity contribution >= 4 is 15.9 Å². The molecule has 1 aromatic rings. The highest BCUT2D eigenvalue weighted by atomic mass is 79.9. The molecule has 0 N–H and O–H groups in total. The predicted molar refractivity (Wildman–Crippen MR) is 40.4 cm³/mol. The number of alkyl halides is 1. The molecule has 0 aliphatic carbocycles. The Morgan fingerprint density at radius 1 is 1.80 bits per heavy atom. The molecule has 1 unspecified atom stereocenters. The van der Waals surface area contributed by atoms with Gasteiger partial charge >= 0.3 is 0 Å². The van der Waals surface area contributed by atoms with Gasteiger partial charge in [-0.2, -0.15) is 0 Å². The number of rotatable bonds is 2. The second-order valence-electron chi connectivity index (χ2n) is 1.89. The summed E-state index contributed by atoms with van der Waals surface area (Å²) in [6.07, 6.45) is 0. The molecule has 0 aromatic carbocycles. The molecule has 1 atom stereocenters. The Hall–Kier alpha value is -0.510.